The van der Waals surface area contributed by atoms with Crippen molar-refractivity contribution < 1.29 is 9.21 Å². The molecule has 0 bridgehead atoms. The molecule has 1 amide bonds. The molecular formula is C20H21NO2. The Hall–Kier alpha value is -2.55. The van der Waals surface area contributed by atoms with Gasteiger partial charge in [0.15, 0.2) is 5.76 Å². The molecule has 0 aliphatic rings. The highest BCUT2D eigenvalue weighted by Gasteiger charge is 2.23. The zero-order valence-corrected chi connectivity index (χ0v) is 13.7. The maximum atomic E-state index is 12.7. The fourth-order valence-electron chi connectivity index (χ4n) is 2.89. The minimum Gasteiger partial charge on any atom is -0.451 e. The Bertz CT molecular complexity index is 818. The zero-order valence-electron chi connectivity index (χ0n) is 13.7. The summed E-state index contributed by atoms with van der Waals surface area (Å²) in [5.74, 6) is 0.514. The van der Waals surface area contributed by atoms with E-state index in [9.17, 15) is 4.79 Å². The summed E-state index contributed by atoms with van der Waals surface area (Å²) in [4.78, 5) is 12.7. The second kappa shape index (κ2) is 6.29. The summed E-state index contributed by atoms with van der Waals surface area (Å²) in [5, 5.41) is 4.10. The molecule has 0 aliphatic carbocycles. The first-order chi connectivity index (χ1) is 11.1. The van der Waals surface area contributed by atoms with Gasteiger partial charge in [-0.3, -0.25) is 4.79 Å². The summed E-state index contributed by atoms with van der Waals surface area (Å²) in [6, 6.07) is 17.7. The van der Waals surface area contributed by atoms with Gasteiger partial charge in [0, 0.05) is 10.9 Å². The molecule has 1 atom stereocenters. The fourth-order valence-corrected chi connectivity index (χ4v) is 2.89. The quantitative estimate of drug-likeness (QED) is 0.747. The van der Waals surface area contributed by atoms with Crippen LogP contribution in [-0.2, 0) is 0 Å². The van der Waals surface area contributed by atoms with Crippen molar-refractivity contribution in [2.24, 2.45) is 5.92 Å². The molecule has 3 nitrogen and oxygen atoms in total. The van der Waals surface area contributed by atoms with Crippen LogP contribution >= 0.6 is 0 Å². The first-order valence-corrected chi connectivity index (χ1v) is 7.92. The number of rotatable bonds is 4. The molecule has 1 aromatic heterocycles. The molecule has 0 spiro atoms. The summed E-state index contributed by atoms with van der Waals surface area (Å²) in [7, 11) is 0. The maximum Gasteiger partial charge on any atom is 0.287 e. The lowest BCUT2D eigenvalue weighted by atomic mass is 9.96. The number of amides is 1. The molecule has 0 saturated carbocycles. The van der Waals surface area contributed by atoms with E-state index in [0.29, 0.717) is 5.76 Å². The Morgan fingerprint density at radius 1 is 1.00 bits per heavy atom. The Morgan fingerprint density at radius 3 is 2.30 bits per heavy atom. The van der Waals surface area contributed by atoms with Crippen LogP contribution in [0.25, 0.3) is 11.0 Å². The lowest BCUT2D eigenvalue weighted by Gasteiger charge is -2.22. The van der Waals surface area contributed by atoms with Gasteiger partial charge >= 0.3 is 0 Å². The first kappa shape index (κ1) is 15.3. The van der Waals surface area contributed by atoms with E-state index in [0.717, 1.165) is 22.1 Å². The van der Waals surface area contributed by atoms with Gasteiger partial charge in [0.2, 0.25) is 0 Å². The molecule has 23 heavy (non-hydrogen) atoms. The van der Waals surface area contributed by atoms with Crippen LogP contribution in [0.15, 0.2) is 59.0 Å². The van der Waals surface area contributed by atoms with Gasteiger partial charge in [-0.05, 0) is 24.5 Å². The summed E-state index contributed by atoms with van der Waals surface area (Å²) < 4.78 is 5.77. The van der Waals surface area contributed by atoms with Crippen molar-refractivity contribution in [3.63, 3.8) is 0 Å². The first-order valence-electron chi connectivity index (χ1n) is 7.92. The van der Waals surface area contributed by atoms with Crippen molar-refractivity contribution in [1.82, 2.24) is 5.32 Å². The average Bonchev–Trinajstić information content (AvgIpc) is 2.90. The van der Waals surface area contributed by atoms with Gasteiger partial charge in [-0.2, -0.15) is 0 Å². The molecule has 2 aromatic carbocycles. The SMILES string of the molecule is Cc1c(C(=O)N[C@H](c2ccccc2)C(C)C)oc2ccccc12. The lowest BCUT2D eigenvalue weighted by molar-refractivity contribution is 0.0898. The molecular weight excluding hydrogens is 286 g/mol. The molecule has 0 radical (unpaired) electrons. The molecule has 0 aliphatic heterocycles. The Morgan fingerprint density at radius 2 is 1.65 bits per heavy atom. The van der Waals surface area contributed by atoms with Crippen LogP contribution < -0.4 is 5.32 Å². The third-order valence-corrected chi connectivity index (χ3v) is 4.16. The van der Waals surface area contributed by atoms with E-state index < -0.39 is 0 Å². The van der Waals surface area contributed by atoms with Crippen molar-refractivity contribution in [3.05, 3.63) is 71.5 Å². The number of hydrogen-bond donors (Lipinski definition) is 1. The smallest absolute Gasteiger partial charge is 0.287 e. The van der Waals surface area contributed by atoms with Crippen molar-refractivity contribution in [2.45, 2.75) is 26.8 Å². The Labute approximate surface area is 136 Å². The molecule has 3 aromatic rings. The van der Waals surface area contributed by atoms with E-state index >= 15 is 0 Å². The Kier molecular flexibility index (Phi) is 4.20. The monoisotopic (exact) mass is 307 g/mol. The Balaban J connectivity index is 1.91. The van der Waals surface area contributed by atoms with Crippen LogP contribution in [0, 0.1) is 12.8 Å². The highest BCUT2D eigenvalue weighted by atomic mass is 16.3. The minimum absolute atomic E-state index is 0.0451. The minimum atomic E-state index is -0.166. The number of aryl methyl sites for hydroxylation is 1. The van der Waals surface area contributed by atoms with Crippen molar-refractivity contribution in [2.75, 3.05) is 0 Å². The van der Waals surface area contributed by atoms with Crippen molar-refractivity contribution in [3.8, 4) is 0 Å². The number of nitrogens with one attached hydrogen (secondary N) is 1. The van der Waals surface area contributed by atoms with E-state index in [1.807, 2.05) is 61.5 Å². The molecule has 3 rings (SSSR count). The van der Waals surface area contributed by atoms with Gasteiger partial charge in [-0.1, -0.05) is 62.4 Å². The van der Waals surface area contributed by atoms with Gasteiger partial charge in [0.1, 0.15) is 5.58 Å². The number of para-hydroxylation sites is 1. The van der Waals surface area contributed by atoms with E-state index in [4.69, 9.17) is 4.42 Å². The summed E-state index contributed by atoms with van der Waals surface area (Å²) in [6.07, 6.45) is 0. The van der Waals surface area contributed by atoms with Crippen molar-refractivity contribution >= 4 is 16.9 Å². The number of hydrogen-bond acceptors (Lipinski definition) is 2. The van der Waals surface area contributed by atoms with Gasteiger partial charge in [-0.25, -0.2) is 0 Å². The highest BCUT2D eigenvalue weighted by Crippen LogP contribution is 2.27. The number of carbonyl (C=O) groups is 1. The predicted octanol–water partition coefficient (Wildman–Crippen LogP) is 4.87. The second-order valence-corrected chi connectivity index (χ2v) is 6.16. The van der Waals surface area contributed by atoms with E-state index in [-0.39, 0.29) is 17.9 Å². The summed E-state index contributed by atoms with van der Waals surface area (Å²) in [6.45, 7) is 6.13. The summed E-state index contributed by atoms with van der Waals surface area (Å²) in [5.41, 5.74) is 2.73. The lowest BCUT2D eigenvalue weighted by Crippen LogP contribution is -2.31. The van der Waals surface area contributed by atoms with E-state index in [2.05, 4.69) is 19.2 Å². The number of fused-ring (bicyclic) bond motifs is 1. The average molecular weight is 307 g/mol. The fraction of sp³-hybridized carbons (Fsp3) is 0.250. The highest BCUT2D eigenvalue weighted by molar-refractivity contribution is 5.99. The predicted molar refractivity (Wildman–Crippen MR) is 92.4 cm³/mol. The third-order valence-electron chi connectivity index (χ3n) is 4.16. The number of carbonyl (C=O) groups excluding carboxylic acids is 1. The molecule has 1 heterocycles. The number of benzene rings is 2. The van der Waals surface area contributed by atoms with Crippen LogP contribution in [0.3, 0.4) is 0 Å². The van der Waals surface area contributed by atoms with Gasteiger partial charge in [0.25, 0.3) is 5.91 Å². The van der Waals surface area contributed by atoms with Crippen LogP contribution in [0.5, 0.6) is 0 Å². The molecule has 0 saturated heterocycles. The van der Waals surface area contributed by atoms with Gasteiger partial charge < -0.3 is 9.73 Å². The van der Waals surface area contributed by atoms with Crippen LogP contribution in [0.2, 0.25) is 0 Å². The summed E-state index contributed by atoms with van der Waals surface area (Å²) >= 11 is 0. The van der Waals surface area contributed by atoms with Crippen LogP contribution in [0.4, 0.5) is 0 Å². The third kappa shape index (κ3) is 3.00. The molecule has 1 N–H and O–H groups in total. The van der Waals surface area contributed by atoms with Crippen LogP contribution in [-0.4, -0.2) is 5.91 Å². The standard InChI is InChI=1S/C20H21NO2/c1-13(2)18(15-9-5-4-6-10-15)21-20(22)19-14(3)16-11-7-8-12-17(16)23-19/h4-13,18H,1-3H3,(H,21,22)/t18-/m0/s1. The maximum absolute atomic E-state index is 12.7. The molecule has 3 heteroatoms. The van der Waals surface area contributed by atoms with Gasteiger partial charge in [-0.15, -0.1) is 0 Å². The largest absolute Gasteiger partial charge is 0.451 e. The number of furan rings is 1. The van der Waals surface area contributed by atoms with Crippen molar-refractivity contribution in [1.29, 1.82) is 0 Å². The zero-order chi connectivity index (χ0) is 16.4. The van der Waals surface area contributed by atoms with E-state index in [1.165, 1.54) is 0 Å². The molecule has 0 unspecified atom stereocenters. The van der Waals surface area contributed by atoms with Crippen LogP contribution in [0.1, 0.15) is 41.6 Å². The topological polar surface area (TPSA) is 42.2 Å². The normalized spacial score (nSPS) is 12.5. The second-order valence-electron chi connectivity index (χ2n) is 6.16. The van der Waals surface area contributed by atoms with Gasteiger partial charge in [0.05, 0.1) is 6.04 Å². The molecule has 0 fully saturated rings. The molecule has 118 valence electrons. The van der Waals surface area contributed by atoms with E-state index in [1.54, 1.807) is 0 Å².